The Morgan fingerprint density at radius 3 is 2.68 bits per heavy atom. The summed E-state index contributed by atoms with van der Waals surface area (Å²) in [5.74, 6) is 1.59. The fourth-order valence-electron chi connectivity index (χ4n) is 3.05. The minimum atomic E-state index is -0.619. The summed E-state index contributed by atoms with van der Waals surface area (Å²) in [6.45, 7) is 6.55. The van der Waals surface area contributed by atoms with Crippen LogP contribution in [0.1, 0.15) is 39.3 Å². The van der Waals surface area contributed by atoms with Crippen molar-refractivity contribution >= 4 is 33.5 Å². The number of nitrogens with zero attached hydrogens (tertiary/aromatic N) is 4. The third-order valence-corrected chi connectivity index (χ3v) is 5.05. The Morgan fingerprint density at radius 1 is 1.24 bits per heavy atom. The van der Waals surface area contributed by atoms with Gasteiger partial charge in [-0.1, -0.05) is 6.92 Å². The van der Waals surface area contributed by atoms with Crippen LogP contribution in [0.15, 0.2) is 35.2 Å². The lowest BCUT2D eigenvalue weighted by Crippen LogP contribution is -2.38. The molecule has 0 aromatic carbocycles. The first-order chi connectivity index (χ1) is 11.9. The van der Waals surface area contributed by atoms with E-state index in [0.717, 1.165) is 28.8 Å². The van der Waals surface area contributed by atoms with Crippen molar-refractivity contribution in [3.05, 3.63) is 40.9 Å². The Labute approximate surface area is 156 Å². The molecule has 2 aromatic rings. The lowest BCUT2D eigenvalue weighted by molar-refractivity contribution is -0.122. The zero-order valence-corrected chi connectivity index (χ0v) is 16.2. The second kappa shape index (κ2) is 7.07. The molecule has 0 unspecified atom stereocenters. The Balaban J connectivity index is 1.69. The van der Waals surface area contributed by atoms with Gasteiger partial charge in [-0.05, 0) is 54.8 Å². The van der Waals surface area contributed by atoms with E-state index in [-0.39, 0.29) is 11.9 Å². The van der Waals surface area contributed by atoms with Gasteiger partial charge in [0.05, 0.1) is 11.1 Å². The highest BCUT2D eigenvalue weighted by atomic mass is 79.9. The summed E-state index contributed by atoms with van der Waals surface area (Å²) in [5, 5.41) is 3.43. The number of carbonyl (C=O) groups is 1. The number of amides is 1. The number of halogens is 1. The van der Waals surface area contributed by atoms with Gasteiger partial charge in [0.25, 0.3) is 0 Å². The highest BCUT2D eigenvalue weighted by Gasteiger charge is 2.46. The van der Waals surface area contributed by atoms with E-state index in [1.165, 1.54) is 0 Å². The summed E-state index contributed by atoms with van der Waals surface area (Å²) < 4.78 is 0.950. The van der Waals surface area contributed by atoms with E-state index in [1.54, 1.807) is 23.5 Å². The molecule has 0 saturated carbocycles. The minimum absolute atomic E-state index is 0.0605. The molecule has 132 valence electrons. The minimum Gasteiger partial charge on any atom is -0.367 e. The van der Waals surface area contributed by atoms with Gasteiger partial charge in [0.15, 0.2) is 5.82 Å². The van der Waals surface area contributed by atoms with Crippen LogP contribution in [0, 0.1) is 0 Å². The highest BCUT2D eigenvalue weighted by molar-refractivity contribution is 9.10. The van der Waals surface area contributed by atoms with Gasteiger partial charge in [-0.15, -0.1) is 0 Å². The third kappa shape index (κ3) is 3.51. The van der Waals surface area contributed by atoms with Crippen LogP contribution in [0.4, 0.5) is 11.6 Å². The number of anilines is 2. The Morgan fingerprint density at radius 2 is 2.00 bits per heavy atom. The molecule has 6 nitrogen and oxygen atoms in total. The van der Waals surface area contributed by atoms with Gasteiger partial charge in [-0.3, -0.25) is 14.7 Å². The van der Waals surface area contributed by atoms with Gasteiger partial charge >= 0.3 is 0 Å². The largest absolute Gasteiger partial charge is 0.367 e. The molecule has 1 atom stereocenters. The maximum Gasteiger partial charge on any atom is 0.240 e. The molecule has 0 bridgehead atoms. The van der Waals surface area contributed by atoms with Gasteiger partial charge in [-0.25, -0.2) is 9.97 Å². The van der Waals surface area contributed by atoms with E-state index in [0.29, 0.717) is 12.4 Å². The first-order valence-electron chi connectivity index (χ1n) is 8.45. The maximum absolute atomic E-state index is 12.8. The van der Waals surface area contributed by atoms with E-state index in [1.807, 2.05) is 26.0 Å². The van der Waals surface area contributed by atoms with E-state index in [4.69, 9.17) is 0 Å². The number of fused-ring (bicyclic) bond motifs is 1. The van der Waals surface area contributed by atoms with Gasteiger partial charge < -0.3 is 5.32 Å². The van der Waals surface area contributed by atoms with Crippen molar-refractivity contribution in [2.24, 2.45) is 0 Å². The number of hydrogen-bond donors (Lipinski definition) is 1. The fraction of sp³-hybridized carbons (Fsp3) is 0.444. The Bertz CT molecular complexity index is 762. The second-order valence-electron chi connectivity index (χ2n) is 6.71. The van der Waals surface area contributed by atoms with Crippen molar-refractivity contribution in [2.75, 3.05) is 16.8 Å². The summed E-state index contributed by atoms with van der Waals surface area (Å²) in [6.07, 6.45) is 6.81. The molecule has 0 fully saturated rings. The van der Waals surface area contributed by atoms with Crippen LogP contribution in [0.3, 0.4) is 0 Å². The van der Waals surface area contributed by atoms with E-state index >= 15 is 0 Å². The highest BCUT2D eigenvalue weighted by Crippen LogP contribution is 2.38. The van der Waals surface area contributed by atoms with Crippen molar-refractivity contribution in [1.82, 2.24) is 15.0 Å². The molecule has 3 rings (SSSR count). The summed E-state index contributed by atoms with van der Waals surface area (Å²) in [4.78, 5) is 27.7. The molecule has 2 aromatic heterocycles. The summed E-state index contributed by atoms with van der Waals surface area (Å²) in [7, 11) is 0. The predicted octanol–water partition coefficient (Wildman–Crippen LogP) is 3.54. The van der Waals surface area contributed by atoms with Crippen molar-refractivity contribution in [2.45, 2.75) is 45.1 Å². The molecule has 0 saturated heterocycles. The van der Waals surface area contributed by atoms with Crippen LogP contribution in [-0.2, 0) is 10.2 Å². The van der Waals surface area contributed by atoms with Crippen LogP contribution in [-0.4, -0.2) is 33.4 Å². The average Bonchev–Trinajstić information content (AvgIpc) is 2.81. The quantitative estimate of drug-likeness (QED) is 0.798. The van der Waals surface area contributed by atoms with E-state index in [9.17, 15) is 4.79 Å². The number of hydrogen-bond acceptors (Lipinski definition) is 5. The Hall–Kier alpha value is -2.02. The normalized spacial score (nSPS) is 16.6. The van der Waals surface area contributed by atoms with Crippen molar-refractivity contribution in [3.8, 4) is 0 Å². The molecule has 1 N–H and O–H groups in total. The van der Waals surface area contributed by atoms with Crippen molar-refractivity contribution in [1.29, 1.82) is 0 Å². The molecule has 0 radical (unpaired) electrons. The summed E-state index contributed by atoms with van der Waals surface area (Å²) in [6, 6.07) is 4.13. The smallest absolute Gasteiger partial charge is 0.240 e. The zero-order chi connectivity index (χ0) is 18.0. The molecule has 1 aliphatic rings. The topological polar surface area (TPSA) is 71.0 Å². The molecular weight excluding hydrogens is 382 g/mol. The van der Waals surface area contributed by atoms with Crippen LogP contribution < -0.4 is 10.2 Å². The van der Waals surface area contributed by atoms with Crippen LogP contribution >= 0.6 is 15.9 Å². The lowest BCUT2D eigenvalue weighted by Gasteiger charge is -2.23. The molecule has 1 aliphatic heterocycles. The van der Waals surface area contributed by atoms with Gasteiger partial charge in [-0.2, -0.15) is 0 Å². The first-order valence-corrected chi connectivity index (χ1v) is 9.24. The first kappa shape index (κ1) is 17.8. The van der Waals surface area contributed by atoms with Gasteiger partial charge in [0.1, 0.15) is 5.82 Å². The number of nitrogens with one attached hydrogen (secondary N) is 1. The molecule has 0 spiro atoms. The molecule has 25 heavy (non-hydrogen) atoms. The number of pyridine rings is 1. The third-order valence-electron chi connectivity index (χ3n) is 4.58. The fourth-order valence-corrected chi connectivity index (χ4v) is 3.28. The lowest BCUT2D eigenvalue weighted by atomic mass is 9.91. The van der Waals surface area contributed by atoms with Gasteiger partial charge in [0, 0.05) is 35.6 Å². The van der Waals surface area contributed by atoms with Gasteiger partial charge in [0.2, 0.25) is 5.91 Å². The maximum atomic E-state index is 12.8. The zero-order valence-electron chi connectivity index (χ0n) is 14.7. The van der Waals surface area contributed by atoms with E-state index < -0.39 is 5.41 Å². The Kier molecular flexibility index (Phi) is 5.03. The van der Waals surface area contributed by atoms with Crippen LogP contribution in [0.5, 0.6) is 0 Å². The molecular formula is C18H22BrN5O. The van der Waals surface area contributed by atoms with E-state index in [2.05, 4.69) is 43.1 Å². The van der Waals surface area contributed by atoms with Crippen molar-refractivity contribution < 1.29 is 4.79 Å². The van der Waals surface area contributed by atoms with Crippen LogP contribution in [0.2, 0.25) is 0 Å². The van der Waals surface area contributed by atoms with Crippen LogP contribution in [0.25, 0.3) is 0 Å². The second-order valence-corrected chi connectivity index (χ2v) is 7.63. The molecule has 3 heterocycles. The monoisotopic (exact) mass is 403 g/mol. The number of rotatable bonds is 6. The molecule has 7 heteroatoms. The average molecular weight is 404 g/mol. The SMILES string of the molecule is CC[C@H](CCN1C(=O)C(C)(C)c2nccnc21)Nc1ccc(Br)cn1. The number of carbonyl (C=O) groups excluding carboxylic acids is 1. The summed E-state index contributed by atoms with van der Waals surface area (Å²) >= 11 is 3.39. The molecule has 0 aliphatic carbocycles. The number of aromatic nitrogens is 3. The van der Waals surface area contributed by atoms with Crippen molar-refractivity contribution in [3.63, 3.8) is 0 Å². The standard InChI is InChI=1S/C18H22BrN5O/c1-4-13(23-14-6-5-12(19)11-22-14)7-10-24-16-15(20-8-9-21-16)18(2,3)17(24)25/h5-6,8-9,11,13H,4,7,10H2,1-3H3,(H,22,23)/t13-/m1/s1. The molecule has 1 amide bonds. The summed E-state index contributed by atoms with van der Waals surface area (Å²) in [5.41, 5.74) is 0.141. The predicted molar refractivity (Wildman–Crippen MR) is 102 cm³/mol.